The van der Waals surface area contributed by atoms with Crippen LogP contribution in [0.5, 0.6) is 0 Å². The summed E-state index contributed by atoms with van der Waals surface area (Å²) in [6.45, 7) is 0. The second kappa shape index (κ2) is 6.04. The Kier molecular flexibility index (Phi) is 3.37. The molecule has 0 atom stereocenters. The van der Waals surface area contributed by atoms with Gasteiger partial charge in [0.25, 0.3) is 0 Å². The third-order valence-corrected chi connectivity index (χ3v) is 6.32. The van der Waals surface area contributed by atoms with Crippen LogP contribution in [0.15, 0.2) is 97.1 Å². The van der Waals surface area contributed by atoms with Crippen LogP contribution in [0.1, 0.15) is 0 Å². The summed E-state index contributed by atoms with van der Waals surface area (Å²) in [5.74, 6) is 0. The molecule has 0 amide bonds. The van der Waals surface area contributed by atoms with Crippen LogP contribution in [-0.4, -0.2) is 9.55 Å². The first kappa shape index (κ1) is 15.6. The Hall–Kier alpha value is -3.43. The number of fused-ring (bicyclic) bond motifs is 4. The van der Waals surface area contributed by atoms with Gasteiger partial charge in [-0.2, -0.15) is 0 Å². The number of thiazole rings is 1. The lowest BCUT2D eigenvalue weighted by atomic mass is 10.1. The maximum Gasteiger partial charge on any atom is 0.126 e. The van der Waals surface area contributed by atoms with Crippen molar-refractivity contribution in [2.45, 2.75) is 0 Å². The van der Waals surface area contributed by atoms with Gasteiger partial charge in [0.05, 0.1) is 26.9 Å². The van der Waals surface area contributed by atoms with Gasteiger partial charge < -0.3 is 4.57 Å². The Morgan fingerprint density at radius 1 is 0.607 bits per heavy atom. The van der Waals surface area contributed by atoms with Crippen LogP contribution >= 0.6 is 11.3 Å². The smallest absolute Gasteiger partial charge is 0.126 e. The van der Waals surface area contributed by atoms with Crippen LogP contribution in [0.3, 0.4) is 0 Å². The fourth-order valence-electron chi connectivity index (χ4n) is 4.02. The van der Waals surface area contributed by atoms with Gasteiger partial charge >= 0.3 is 0 Å². The van der Waals surface area contributed by atoms with Crippen LogP contribution in [0, 0.1) is 0 Å². The van der Waals surface area contributed by atoms with Gasteiger partial charge in [0, 0.05) is 16.3 Å². The topological polar surface area (TPSA) is 17.8 Å². The highest BCUT2D eigenvalue weighted by Gasteiger charge is 2.16. The van der Waals surface area contributed by atoms with Crippen molar-refractivity contribution in [3.05, 3.63) is 97.1 Å². The molecule has 0 bridgehead atoms. The normalized spacial score (nSPS) is 11.6. The molecule has 6 rings (SSSR count). The lowest BCUT2D eigenvalue weighted by molar-refractivity contribution is 1.18. The number of hydrogen-bond acceptors (Lipinski definition) is 2. The van der Waals surface area contributed by atoms with E-state index in [0.717, 1.165) is 16.1 Å². The van der Waals surface area contributed by atoms with Gasteiger partial charge in [0.1, 0.15) is 5.01 Å². The molecule has 0 aliphatic heterocycles. The Balaban J connectivity index is 1.71. The van der Waals surface area contributed by atoms with Crippen molar-refractivity contribution in [3.63, 3.8) is 0 Å². The second-order valence-corrected chi connectivity index (χ2v) is 7.90. The Morgan fingerprint density at radius 3 is 1.96 bits per heavy atom. The minimum Gasteiger partial charge on any atom is -0.309 e. The van der Waals surface area contributed by atoms with E-state index in [1.54, 1.807) is 11.3 Å². The minimum atomic E-state index is 1.05. The lowest BCUT2D eigenvalue weighted by Gasteiger charge is -2.12. The van der Waals surface area contributed by atoms with Crippen LogP contribution < -0.4 is 0 Å². The molecule has 132 valence electrons. The van der Waals surface area contributed by atoms with Crippen molar-refractivity contribution in [3.8, 4) is 16.3 Å². The summed E-state index contributed by atoms with van der Waals surface area (Å²) in [7, 11) is 0. The molecular weight excluding hydrogens is 360 g/mol. The monoisotopic (exact) mass is 376 g/mol. The van der Waals surface area contributed by atoms with Gasteiger partial charge in [-0.25, -0.2) is 4.98 Å². The highest BCUT2D eigenvalue weighted by atomic mass is 32.1. The number of benzene rings is 4. The first-order valence-electron chi connectivity index (χ1n) is 9.34. The fourth-order valence-corrected chi connectivity index (χ4v) is 5.02. The van der Waals surface area contributed by atoms with E-state index in [4.69, 9.17) is 4.98 Å². The summed E-state index contributed by atoms with van der Waals surface area (Å²) < 4.78 is 3.58. The molecule has 0 unspecified atom stereocenters. The van der Waals surface area contributed by atoms with Crippen molar-refractivity contribution in [1.29, 1.82) is 0 Å². The summed E-state index contributed by atoms with van der Waals surface area (Å²) in [6, 6.07) is 34.2. The zero-order valence-corrected chi connectivity index (χ0v) is 15.9. The van der Waals surface area contributed by atoms with Crippen LogP contribution in [0.4, 0.5) is 0 Å². The highest BCUT2D eigenvalue weighted by molar-refractivity contribution is 7.21. The molecule has 0 saturated heterocycles. The Labute approximate surface area is 166 Å². The van der Waals surface area contributed by atoms with E-state index in [1.165, 1.54) is 32.2 Å². The number of para-hydroxylation sites is 4. The summed E-state index contributed by atoms with van der Waals surface area (Å²) >= 11 is 1.75. The molecule has 3 heteroatoms. The number of aromatic nitrogens is 2. The maximum absolute atomic E-state index is 4.92. The van der Waals surface area contributed by atoms with Crippen molar-refractivity contribution in [2.24, 2.45) is 0 Å². The predicted molar refractivity (Wildman–Crippen MR) is 119 cm³/mol. The summed E-state index contributed by atoms with van der Waals surface area (Å²) in [6.07, 6.45) is 0. The molecule has 0 saturated carbocycles. The molecule has 0 fully saturated rings. The van der Waals surface area contributed by atoms with E-state index < -0.39 is 0 Å². The lowest BCUT2D eigenvalue weighted by Crippen LogP contribution is -1.96. The van der Waals surface area contributed by atoms with E-state index in [9.17, 15) is 0 Å². The molecule has 6 aromatic rings. The standard InChI is InChI=1S/C25H16N2S/c1-5-13-21-17(9-1)18-10-2-6-14-22(18)27(21)23-15-7-3-11-19(23)25-26-20-12-4-8-16-24(20)28-25/h1-16H. The SMILES string of the molecule is c1ccc(-n2c3ccccc3c3ccccc32)c(-c2nc3ccccc3s2)c1. The van der Waals surface area contributed by atoms with Crippen molar-refractivity contribution in [1.82, 2.24) is 9.55 Å². The van der Waals surface area contributed by atoms with Gasteiger partial charge in [-0.05, 0) is 36.4 Å². The summed E-state index contributed by atoms with van der Waals surface area (Å²) in [4.78, 5) is 4.92. The van der Waals surface area contributed by atoms with Gasteiger partial charge in [-0.3, -0.25) is 0 Å². The molecule has 4 aromatic carbocycles. The minimum absolute atomic E-state index is 1.05. The average Bonchev–Trinajstić information content (AvgIpc) is 3.33. The first-order valence-corrected chi connectivity index (χ1v) is 10.2. The van der Waals surface area contributed by atoms with Gasteiger partial charge in [-0.1, -0.05) is 60.7 Å². The third kappa shape index (κ3) is 2.23. The van der Waals surface area contributed by atoms with Crippen molar-refractivity contribution >= 4 is 43.4 Å². The van der Waals surface area contributed by atoms with Crippen molar-refractivity contribution in [2.75, 3.05) is 0 Å². The zero-order chi connectivity index (χ0) is 18.5. The van der Waals surface area contributed by atoms with E-state index in [1.807, 2.05) is 6.07 Å². The van der Waals surface area contributed by atoms with Crippen LogP contribution in [0.2, 0.25) is 0 Å². The number of rotatable bonds is 2. The van der Waals surface area contributed by atoms with Gasteiger partial charge in [-0.15, -0.1) is 11.3 Å². The quantitative estimate of drug-likeness (QED) is 0.316. The Bertz CT molecular complexity index is 1390. The van der Waals surface area contributed by atoms with Crippen molar-refractivity contribution < 1.29 is 0 Å². The van der Waals surface area contributed by atoms with Crippen LogP contribution in [-0.2, 0) is 0 Å². The molecule has 0 aliphatic rings. The summed E-state index contributed by atoms with van der Waals surface area (Å²) in [5, 5.41) is 3.60. The number of hydrogen-bond donors (Lipinski definition) is 0. The van der Waals surface area contributed by atoms with Crippen LogP contribution in [0.25, 0.3) is 48.3 Å². The molecule has 0 aliphatic carbocycles. The predicted octanol–water partition coefficient (Wildman–Crippen LogP) is 7.06. The van der Waals surface area contributed by atoms with Gasteiger partial charge in [0.15, 0.2) is 0 Å². The average molecular weight is 376 g/mol. The molecule has 2 heterocycles. The molecule has 2 aromatic heterocycles. The second-order valence-electron chi connectivity index (χ2n) is 6.87. The third-order valence-electron chi connectivity index (χ3n) is 5.25. The van der Waals surface area contributed by atoms with Gasteiger partial charge in [0.2, 0.25) is 0 Å². The fraction of sp³-hybridized carbons (Fsp3) is 0. The van der Waals surface area contributed by atoms with E-state index >= 15 is 0 Å². The molecule has 0 radical (unpaired) electrons. The van der Waals surface area contributed by atoms with E-state index in [2.05, 4.69) is 95.6 Å². The molecule has 28 heavy (non-hydrogen) atoms. The molecule has 0 spiro atoms. The van der Waals surface area contributed by atoms with E-state index in [-0.39, 0.29) is 0 Å². The first-order chi connectivity index (χ1) is 13.9. The Morgan fingerprint density at radius 2 is 1.21 bits per heavy atom. The zero-order valence-electron chi connectivity index (χ0n) is 15.0. The molecular formula is C25H16N2S. The molecule has 0 N–H and O–H groups in total. The summed E-state index contributed by atoms with van der Waals surface area (Å²) in [5.41, 5.74) is 5.82. The number of nitrogens with zero attached hydrogens (tertiary/aromatic N) is 2. The highest BCUT2D eigenvalue weighted by Crippen LogP contribution is 2.38. The largest absolute Gasteiger partial charge is 0.309 e. The van der Waals surface area contributed by atoms with E-state index in [0.29, 0.717) is 0 Å². The molecule has 2 nitrogen and oxygen atoms in total. The maximum atomic E-state index is 4.92.